The molecule has 0 saturated carbocycles. The van der Waals surface area contributed by atoms with Gasteiger partial charge in [-0.3, -0.25) is 16.1 Å². The van der Waals surface area contributed by atoms with Crippen molar-refractivity contribution in [3.8, 4) is 5.75 Å². The second kappa shape index (κ2) is 6.85. The molecule has 8 heteroatoms. The molecule has 1 saturated heterocycles. The molecule has 1 aliphatic rings. The third kappa shape index (κ3) is 4.31. The Morgan fingerprint density at radius 1 is 1.40 bits per heavy atom. The lowest BCUT2D eigenvalue weighted by Crippen LogP contribution is -2.55. The number of nitrogens with zero attached hydrogens (tertiary/aromatic N) is 2. The van der Waals surface area contributed by atoms with Crippen molar-refractivity contribution < 1.29 is 13.9 Å². The normalized spacial score (nSPS) is 16.9. The van der Waals surface area contributed by atoms with Gasteiger partial charge in [0.15, 0.2) is 6.61 Å². The number of rotatable bonds is 4. The van der Waals surface area contributed by atoms with E-state index in [4.69, 9.17) is 22.2 Å². The average Bonchev–Trinajstić information content (AvgIpc) is 2.43. The van der Waals surface area contributed by atoms with Crippen LogP contribution in [-0.4, -0.2) is 48.7 Å². The highest BCUT2D eigenvalue weighted by Crippen LogP contribution is 2.20. The van der Waals surface area contributed by atoms with E-state index in [1.807, 2.05) is 0 Å². The Bertz CT molecular complexity index is 481. The third-order valence-electron chi connectivity index (χ3n) is 2.86. The molecule has 0 aromatic heterocycles. The second-order valence-corrected chi connectivity index (χ2v) is 4.83. The molecule has 0 spiro atoms. The van der Waals surface area contributed by atoms with E-state index in [0.29, 0.717) is 31.9 Å². The molecule has 1 fully saturated rings. The van der Waals surface area contributed by atoms with Crippen LogP contribution in [0.3, 0.4) is 0 Å². The number of halogens is 2. The summed E-state index contributed by atoms with van der Waals surface area (Å²) in [5.74, 6) is 5.15. The summed E-state index contributed by atoms with van der Waals surface area (Å²) in [6, 6.07) is 3.94. The van der Waals surface area contributed by atoms with E-state index in [-0.39, 0.29) is 17.5 Å². The molecular formula is C12H16ClFN4O2. The van der Waals surface area contributed by atoms with Crippen molar-refractivity contribution in [2.75, 3.05) is 32.8 Å². The maximum atomic E-state index is 13.0. The molecule has 0 atom stereocenters. The summed E-state index contributed by atoms with van der Waals surface area (Å²) in [5.41, 5.74) is 2.72. The highest BCUT2D eigenvalue weighted by atomic mass is 35.5. The largest absolute Gasteiger partial charge is 0.484 e. The molecule has 1 heterocycles. The van der Waals surface area contributed by atoms with Gasteiger partial charge in [-0.05, 0) is 12.1 Å². The van der Waals surface area contributed by atoms with Crippen LogP contribution in [0.4, 0.5) is 4.39 Å². The Morgan fingerprint density at radius 3 is 2.75 bits per heavy atom. The van der Waals surface area contributed by atoms with Crippen LogP contribution in [-0.2, 0) is 4.79 Å². The van der Waals surface area contributed by atoms with Gasteiger partial charge in [-0.25, -0.2) is 14.4 Å². The molecule has 1 aliphatic heterocycles. The molecule has 6 nitrogen and oxygen atoms in total. The highest BCUT2D eigenvalue weighted by Gasteiger charge is 2.16. The van der Waals surface area contributed by atoms with E-state index in [2.05, 4.69) is 5.43 Å². The van der Waals surface area contributed by atoms with Gasteiger partial charge in [0.25, 0.3) is 5.91 Å². The zero-order chi connectivity index (χ0) is 14.5. The number of carbonyl (C=O) groups is 1. The van der Waals surface area contributed by atoms with Gasteiger partial charge < -0.3 is 4.74 Å². The molecule has 20 heavy (non-hydrogen) atoms. The van der Waals surface area contributed by atoms with Gasteiger partial charge in [-0.1, -0.05) is 11.6 Å². The van der Waals surface area contributed by atoms with Crippen LogP contribution < -0.4 is 16.0 Å². The fraction of sp³-hybridized carbons (Fsp3) is 0.417. The van der Waals surface area contributed by atoms with E-state index in [1.54, 1.807) is 10.0 Å². The van der Waals surface area contributed by atoms with Crippen LogP contribution in [0.15, 0.2) is 18.2 Å². The molecule has 3 N–H and O–H groups in total. The smallest absolute Gasteiger partial charge is 0.272 e. The van der Waals surface area contributed by atoms with Gasteiger partial charge in [0.2, 0.25) is 0 Å². The number of nitrogens with two attached hydrogens (primary N) is 1. The maximum absolute atomic E-state index is 13.0. The second-order valence-electron chi connectivity index (χ2n) is 4.42. The number of amides is 1. The van der Waals surface area contributed by atoms with Crippen LogP contribution in [0.5, 0.6) is 5.75 Å². The summed E-state index contributed by atoms with van der Waals surface area (Å²) in [4.78, 5) is 11.7. The average molecular weight is 303 g/mol. The summed E-state index contributed by atoms with van der Waals surface area (Å²) < 4.78 is 18.2. The first kappa shape index (κ1) is 15.0. The first-order valence-electron chi connectivity index (χ1n) is 6.16. The number of hydrogen-bond acceptors (Lipinski definition) is 5. The molecule has 0 bridgehead atoms. The lowest BCUT2D eigenvalue weighted by Gasteiger charge is -2.31. The van der Waals surface area contributed by atoms with Gasteiger partial charge in [0.1, 0.15) is 11.6 Å². The Labute approximate surface area is 121 Å². The molecule has 0 radical (unpaired) electrons. The Hall–Kier alpha value is -1.41. The van der Waals surface area contributed by atoms with Crippen molar-refractivity contribution in [2.24, 2.45) is 5.84 Å². The van der Waals surface area contributed by atoms with E-state index in [0.717, 1.165) is 0 Å². The number of carbonyl (C=O) groups excluding carboxylic acids is 1. The number of piperazine rings is 1. The standard InChI is InChI=1S/C12H16ClFN4O2/c13-10-7-9(1-2-11(10)14)20-8-12(19)16-18-5-3-17(15)4-6-18/h1-2,7H,3-6,8,15H2,(H,16,19). The molecule has 2 rings (SSSR count). The zero-order valence-corrected chi connectivity index (χ0v) is 11.6. The van der Waals surface area contributed by atoms with Crippen molar-refractivity contribution in [1.82, 2.24) is 15.4 Å². The van der Waals surface area contributed by atoms with Crippen LogP contribution in [0.25, 0.3) is 0 Å². The lowest BCUT2D eigenvalue weighted by atomic mass is 10.3. The summed E-state index contributed by atoms with van der Waals surface area (Å²) >= 11 is 5.62. The Kier molecular flexibility index (Phi) is 5.13. The molecule has 0 aliphatic carbocycles. The molecule has 1 aromatic rings. The Morgan fingerprint density at radius 2 is 2.10 bits per heavy atom. The van der Waals surface area contributed by atoms with Crippen molar-refractivity contribution in [1.29, 1.82) is 0 Å². The minimum Gasteiger partial charge on any atom is -0.484 e. The minimum absolute atomic E-state index is 0.0398. The monoisotopic (exact) mass is 302 g/mol. The van der Waals surface area contributed by atoms with Gasteiger partial charge in [0.05, 0.1) is 5.02 Å². The van der Waals surface area contributed by atoms with Crippen LogP contribution in [0.2, 0.25) is 5.02 Å². The summed E-state index contributed by atoms with van der Waals surface area (Å²) in [6.45, 7) is 2.53. The first-order valence-corrected chi connectivity index (χ1v) is 6.54. The van der Waals surface area contributed by atoms with Crippen molar-refractivity contribution in [2.45, 2.75) is 0 Å². The van der Waals surface area contributed by atoms with E-state index in [1.165, 1.54) is 18.2 Å². The topological polar surface area (TPSA) is 70.8 Å². The van der Waals surface area contributed by atoms with Gasteiger partial charge in [0, 0.05) is 32.2 Å². The maximum Gasteiger partial charge on any atom is 0.272 e. The molecular weight excluding hydrogens is 287 g/mol. The number of nitrogens with one attached hydrogen (secondary N) is 1. The minimum atomic E-state index is -0.525. The highest BCUT2D eigenvalue weighted by molar-refractivity contribution is 6.30. The summed E-state index contributed by atoms with van der Waals surface area (Å²) in [5, 5.41) is 3.44. The molecule has 110 valence electrons. The number of hydrazine groups is 2. The number of hydrogen-bond donors (Lipinski definition) is 2. The van der Waals surface area contributed by atoms with E-state index >= 15 is 0 Å². The van der Waals surface area contributed by atoms with Crippen LogP contribution in [0.1, 0.15) is 0 Å². The van der Waals surface area contributed by atoms with Crippen molar-refractivity contribution in [3.05, 3.63) is 29.0 Å². The first-order chi connectivity index (χ1) is 9.54. The quantitative estimate of drug-likeness (QED) is 0.787. The summed E-state index contributed by atoms with van der Waals surface area (Å²) in [6.07, 6.45) is 0. The SMILES string of the molecule is NN1CCN(NC(=O)COc2ccc(F)c(Cl)c2)CC1. The van der Waals surface area contributed by atoms with Gasteiger partial charge >= 0.3 is 0 Å². The lowest BCUT2D eigenvalue weighted by molar-refractivity contribution is -0.128. The summed E-state index contributed by atoms with van der Waals surface area (Å²) in [7, 11) is 0. The fourth-order valence-electron chi connectivity index (χ4n) is 1.76. The van der Waals surface area contributed by atoms with Gasteiger partial charge in [-0.15, -0.1) is 0 Å². The van der Waals surface area contributed by atoms with Crippen molar-refractivity contribution >= 4 is 17.5 Å². The van der Waals surface area contributed by atoms with E-state index < -0.39 is 5.82 Å². The third-order valence-corrected chi connectivity index (χ3v) is 3.15. The molecule has 0 unspecified atom stereocenters. The van der Waals surface area contributed by atoms with Crippen molar-refractivity contribution in [3.63, 3.8) is 0 Å². The van der Waals surface area contributed by atoms with Crippen LogP contribution in [0, 0.1) is 5.82 Å². The van der Waals surface area contributed by atoms with E-state index in [9.17, 15) is 9.18 Å². The molecule has 1 aromatic carbocycles. The number of ether oxygens (including phenoxy) is 1. The fourth-order valence-corrected chi connectivity index (χ4v) is 1.93. The van der Waals surface area contributed by atoms with Gasteiger partial charge in [-0.2, -0.15) is 0 Å². The Balaban J connectivity index is 1.76. The zero-order valence-electron chi connectivity index (χ0n) is 10.8. The van der Waals surface area contributed by atoms with Crippen LogP contribution >= 0.6 is 11.6 Å². The number of benzene rings is 1. The molecule has 1 amide bonds. The predicted octanol–water partition coefficient (Wildman–Crippen LogP) is 0.380. The predicted molar refractivity (Wildman–Crippen MR) is 72.4 cm³/mol.